The summed E-state index contributed by atoms with van der Waals surface area (Å²) in [6, 6.07) is 26.5. The minimum atomic E-state index is -0.297. The number of ether oxygens (including phenoxy) is 1. The maximum absolute atomic E-state index is 13.0. The van der Waals surface area contributed by atoms with Crippen LogP contribution in [0.3, 0.4) is 0 Å². The average molecular weight is 450 g/mol. The third kappa shape index (κ3) is 3.90. The fraction of sp³-hybridized carbons (Fsp3) is 0.107. The van der Waals surface area contributed by atoms with E-state index in [-0.39, 0.29) is 11.8 Å². The highest BCUT2D eigenvalue weighted by molar-refractivity contribution is 6.24. The number of amides is 2. The van der Waals surface area contributed by atoms with Gasteiger partial charge in [0.25, 0.3) is 11.8 Å². The Morgan fingerprint density at radius 3 is 2.29 bits per heavy atom. The number of carbonyl (C=O) groups excluding carboxylic acids is 2. The van der Waals surface area contributed by atoms with E-state index in [0.29, 0.717) is 17.8 Å². The monoisotopic (exact) mass is 449 g/mol. The lowest BCUT2D eigenvalue weighted by Crippen LogP contribution is -2.26. The van der Waals surface area contributed by atoms with Crippen LogP contribution in [-0.2, 0) is 6.54 Å². The van der Waals surface area contributed by atoms with Crippen LogP contribution in [0.5, 0.6) is 5.75 Å². The summed E-state index contributed by atoms with van der Waals surface area (Å²) in [4.78, 5) is 27.3. The Kier molecular flexibility index (Phi) is 5.55. The molecule has 0 saturated heterocycles. The lowest BCUT2D eigenvalue weighted by molar-refractivity contribution is 0.0953. The molecule has 0 atom stereocenters. The molecule has 6 heteroatoms. The van der Waals surface area contributed by atoms with Crippen molar-refractivity contribution in [2.24, 2.45) is 5.10 Å². The van der Waals surface area contributed by atoms with Crippen LogP contribution in [0.4, 0.5) is 5.69 Å². The van der Waals surface area contributed by atoms with Gasteiger partial charge in [0.15, 0.2) is 0 Å². The largest absolute Gasteiger partial charge is 0.497 e. The van der Waals surface area contributed by atoms with Crippen LogP contribution in [0.2, 0.25) is 0 Å². The van der Waals surface area contributed by atoms with Crippen molar-refractivity contribution in [1.82, 2.24) is 5.43 Å². The smallest absolute Gasteiger partial charge is 0.271 e. The first-order valence-electron chi connectivity index (χ1n) is 11.0. The second-order valence-corrected chi connectivity index (χ2v) is 8.14. The fourth-order valence-corrected chi connectivity index (χ4v) is 4.18. The van der Waals surface area contributed by atoms with Crippen molar-refractivity contribution in [1.29, 1.82) is 0 Å². The Bertz CT molecular complexity index is 1420. The van der Waals surface area contributed by atoms with Gasteiger partial charge in [-0.15, -0.1) is 0 Å². The first kappa shape index (κ1) is 21.4. The van der Waals surface area contributed by atoms with Crippen LogP contribution in [0.25, 0.3) is 10.8 Å². The minimum Gasteiger partial charge on any atom is -0.497 e. The van der Waals surface area contributed by atoms with Crippen LogP contribution in [-0.4, -0.2) is 24.6 Å². The van der Waals surface area contributed by atoms with Crippen molar-refractivity contribution < 1.29 is 14.3 Å². The molecule has 4 aromatic carbocycles. The molecule has 0 spiro atoms. The number of hydrazone groups is 1. The molecule has 0 saturated carbocycles. The van der Waals surface area contributed by atoms with Gasteiger partial charge in [-0.2, -0.15) is 5.10 Å². The van der Waals surface area contributed by atoms with Gasteiger partial charge < -0.3 is 9.64 Å². The standard InChI is InChI=1S/C28H23N3O3/c1-18(20-13-15-23(34-2)16-14-20)29-30-27(32)22-11-9-19(10-12-22)17-31-25-8-4-6-21-5-3-7-24(26(21)25)28(31)33/h3-16H,17H2,1-2H3,(H,30,32). The molecule has 2 amide bonds. The van der Waals surface area contributed by atoms with Gasteiger partial charge >= 0.3 is 0 Å². The summed E-state index contributed by atoms with van der Waals surface area (Å²) in [7, 11) is 1.61. The second kappa shape index (κ2) is 8.83. The van der Waals surface area contributed by atoms with Crippen molar-refractivity contribution in [2.45, 2.75) is 13.5 Å². The number of nitrogens with one attached hydrogen (secondary N) is 1. The molecular weight excluding hydrogens is 426 g/mol. The predicted molar refractivity (Wildman–Crippen MR) is 134 cm³/mol. The molecule has 34 heavy (non-hydrogen) atoms. The van der Waals surface area contributed by atoms with E-state index < -0.39 is 0 Å². The van der Waals surface area contributed by atoms with Gasteiger partial charge in [-0.1, -0.05) is 36.4 Å². The Hall–Kier alpha value is -4.45. The number of methoxy groups -OCH3 is 1. The van der Waals surface area contributed by atoms with Gasteiger partial charge in [0, 0.05) is 16.5 Å². The molecule has 5 rings (SSSR count). The maximum atomic E-state index is 13.0. The highest BCUT2D eigenvalue weighted by Crippen LogP contribution is 2.37. The maximum Gasteiger partial charge on any atom is 0.271 e. The Balaban J connectivity index is 1.27. The summed E-state index contributed by atoms with van der Waals surface area (Å²) in [5.41, 5.74) is 7.27. The van der Waals surface area contributed by atoms with Crippen molar-refractivity contribution in [3.05, 3.63) is 107 Å². The molecule has 4 aromatic rings. The van der Waals surface area contributed by atoms with E-state index in [9.17, 15) is 9.59 Å². The van der Waals surface area contributed by atoms with Crippen LogP contribution in [0.1, 0.15) is 38.8 Å². The van der Waals surface area contributed by atoms with E-state index in [0.717, 1.165) is 38.9 Å². The number of nitrogens with zero attached hydrogens (tertiary/aromatic N) is 2. The minimum absolute atomic E-state index is 0.00281. The predicted octanol–water partition coefficient (Wildman–Crippen LogP) is 5.16. The molecule has 0 aromatic heterocycles. The molecular formula is C28H23N3O3. The quantitative estimate of drug-likeness (QED) is 0.326. The Labute approximate surface area is 197 Å². The number of hydrogen-bond donors (Lipinski definition) is 1. The summed E-state index contributed by atoms with van der Waals surface area (Å²) in [6.07, 6.45) is 0. The molecule has 168 valence electrons. The van der Waals surface area contributed by atoms with Crippen molar-refractivity contribution in [2.75, 3.05) is 12.0 Å². The number of rotatable bonds is 6. The molecule has 0 aliphatic carbocycles. The lowest BCUT2D eigenvalue weighted by Gasteiger charge is -2.18. The van der Waals surface area contributed by atoms with Gasteiger partial charge in [0.1, 0.15) is 5.75 Å². The SMILES string of the molecule is COc1ccc(C(C)=NNC(=O)c2ccc(CN3C(=O)c4cccc5cccc3c45)cc2)cc1. The zero-order valence-corrected chi connectivity index (χ0v) is 18.9. The van der Waals surface area contributed by atoms with Crippen molar-refractivity contribution >= 4 is 34.0 Å². The van der Waals surface area contributed by atoms with E-state index >= 15 is 0 Å². The molecule has 1 aliphatic heterocycles. The van der Waals surface area contributed by atoms with Crippen molar-refractivity contribution in [3.63, 3.8) is 0 Å². The van der Waals surface area contributed by atoms with Crippen LogP contribution in [0, 0.1) is 0 Å². The topological polar surface area (TPSA) is 71.0 Å². The number of benzene rings is 4. The van der Waals surface area contributed by atoms with E-state index in [4.69, 9.17) is 4.74 Å². The highest BCUT2D eigenvalue weighted by Gasteiger charge is 2.29. The summed E-state index contributed by atoms with van der Waals surface area (Å²) >= 11 is 0. The molecule has 0 fully saturated rings. The van der Waals surface area contributed by atoms with Crippen LogP contribution in [0.15, 0.2) is 90.0 Å². The second-order valence-electron chi connectivity index (χ2n) is 8.14. The third-order valence-corrected chi connectivity index (χ3v) is 6.04. The van der Waals surface area contributed by atoms with Gasteiger partial charge in [0.2, 0.25) is 0 Å². The van der Waals surface area contributed by atoms with E-state index in [1.54, 1.807) is 24.1 Å². The highest BCUT2D eigenvalue weighted by atomic mass is 16.5. The van der Waals surface area contributed by atoms with Gasteiger partial charge in [0.05, 0.1) is 25.1 Å². The molecule has 1 heterocycles. The lowest BCUT2D eigenvalue weighted by atomic mass is 10.1. The average Bonchev–Trinajstić information content (AvgIpc) is 3.15. The molecule has 0 bridgehead atoms. The van der Waals surface area contributed by atoms with E-state index in [1.807, 2.05) is 79.7 Å². The van der Waals surface area contributed by atoms with Crippen molar-refractivity contribution in [3.8, 4) is 5.75 Å². The first-order valence-corrected chi connectivity index (χ1v) is 11.0. The summed E-state index contributed by atoms with van der Waals surface area (Å²) in [5.74, 6) is 0.461. The number of hydrogen-bond acceptors (Lipinski definition) is 4. The zero-order chi connectivity index (χ0) is 23.7. The Morgan fingerprint density at radius 1 is 0.912 bits per heavy atom. The molecule has 0 unspecified atom stereocenters. The molecule has 0 radical (unpaired) electrons. The number of anilines is 1. The number of carbonyl (C=O) groups is 2. The fourth-order valence-electron chi connectivity index (χ4n) is 4.18. The van der Waals surface area contributed by atoms with Gasteiger partial charge in [-0.25, -0.2) is 5.43 Å². The van der Waals surface area contributed by atoms with Crippen LogP contribution < -0.4 is 15.1 Å². The normalized spacial score (nSPS) is 12.8. The van der Waals surface area contributed by atoms with E-state index in [1.165, 1.54) is 0 Å². The summed E-state index contributed by atoms with van der Waals surface area (Å²) < 4.78 is 5.16. The van der Waals surface area contributed by atoms with E-state index in [2.05, 4.69) is 10.5 Å². The molecule has 6 nitrogen and oxygen atoms in total. The van der Waals surface area contributed by atoms with Crippen LogP contribution >= 0.6 is 0 Å². The molecule has 1 aliphatic rings. The molecule has 1 N–H and O–H groups in total. The summed E-state index contributed by atoms with van der Waals surface area (Å²) in [6.45, 7) is 2.26. The zero-order valence-electron chi connectivity index (χ0n) is 18.9. The van der Waals surface area contributed by atoms with Gasteiger partial charge in [-0.3, -0.25) is 9.59 Å². The third-order valence-electron chi connectivity index (χ3n) is 6.04. The first-order chi connectivity index (χ1) is 16.5. The Morgan fingerprint density at radius 2 is 1.59 bits per heavy atom. The van der Waals surface area contributed by atoms with Gasteiger partial charge in [-0.05, 0) is 72.0 Å². The summed E-state index contributed by atoms with van der Waals surface area (Å²) in [5, 5.41) is 6.26.